The highest BCUT2D eigenvalue weighted by atomic mass is 16.5. The molecule has 0 unspecified atom stereocenters. The molecule has 0 aromatic rings. The second-order valence-electron chi connectivity index (χ2n) is 4.71. The molecule has 1 saturated heterocycles. The lowest BCUT2D eigenvalue weighted by Gasteiger charge is -2.22. The summed E-state index contributed by atoms with van der Waals surface area (Å²) >= 11 is 0. The van der Waals surface area contributed by atoms with Crippen LogP contribution in [0, 0.1) is 11.8 Å². The highest BCUT2D eigenvalue weighted by Gasteiger charge is 2.25. The van der Waals surface area contributed by atoms with Crippen molar-refractivity contribution in [1.29, 1.82) is 0 Å². The zero-order valence-corrected chi connectivity index (χ0v) is 8.84. The van der Waals surface area contributed by atoms with Crippen molar-refractivity contribution in [2.24, 2.45) is 11.8 Å². The summed E-state index contributed by atoms with van der Waals surface area (Å²) in [6.45, 7) is 1.59. The average molecular weight is 196 g/mol. The van der Waals surface area contributed by atoms with Crippen LogP contribution in [0.15, 0.2) is 0 Å². The summed E-state index contributed by atoms with van der Waals surface area (Å²) in [5.74, 6) is 1.55. The zero-order valence-electron chi connectivity index (χ0n) is 8.84. The van der Waals surface area contributed by atoms with Gasteiger partial charge in [0.2, 0.25) is 0 Å². The Morgan fingerprint density at radius 3 is 2.36 bits per heavy atom. The maximum atomic E-state index is 11.9. The Morgan fingerprint density at radius 1 is 1.07 bits per heavy atom. The number of Topliss-reactive ketones (excluding diaryl/α,β-unsaturated/α-hetero) is 1. The molecule has 1 aliphatic carbocycles. The van der Waals surface area contributed by atoms with Gasteiger partial charge in [-0.25, -0.2) is 0 Å². The lowest BCUT2D eigenvalue weighted by Crippen LogP contribution is -2.24. The Kier molecular flexibility index (Phi) is 3.57. The number of carbonyl (C=O) groups excluding carboxylic acids is 1. The van der Waals surface area contributed by atoms with Gasteiger partial charge in [-0.3, -0.25) is 4.79 Å². The van der Waals surface area contributed by atoms with Crippen molar-refractivity contribution in [2.45, 2.75) is 44.9 Å². The van der Waals surface area contributed by atoms with Crippen LogP contribution in [0.4, 0.5) is 0 Å². The number of carbonyl (C=O) groups is 1. The molecule has 2 aliphatic rings. The summed E-state index contributed by atoms with van der Waals surface area (Å²) in [7, 11) is 0. The molecule has 1 heterocycles. The predicted molar refractivity (Wildman–Crippen MR) is 55.1 cm³/mol. The normalized spacial score (nSPS) is 25.4. The molecule has 2 nitrogen and oxygen atoms in total. The van der Waals surface area contributed by atoms with Crippen LogP contribution in [0.3, 0.4) is 0 Å². The monoisotopic (exact) mass is 196 g/mol. The number of ether oxygens (including phenoxy) is 1. The van der Waals surface area contributed by atoms with E-state index in [0.29, 0.717) is 17.6 Å². The van der Waals surface area contributed by atoms with Gasteiger partial charge in [-0.2, -0.15) is 0 Å². The Bertz CT molecular complexity index is 188. The van der Waals surface area contributed by atoms with Crippen LogP contribution in [0.1, 0.15) is 44.9 Å². The first-order valence-corrected chi connectivity index (χ1v) is 5.96. The third-order valence-electron chi connectivity index (χ3n) is 3.64. The Balaban J connectivity index is 1.75. The van der Waals surface area contributed by atoms with Crippen molar-refractivity contribution >= 4 is 5.78 Å². The van der Waals surface area contributed by atoms with Crippen LogP contribution in [-0.4, -0.2) is 19.0 Å². The Labute approximate surface area is 86.0 Å². The summed E-state index contributed by atoms with van der Waals surface area (Å²) in [5.41, 5.74) is 0. The molecule has 14 heavy (non-hydrogen) atoms. The first kappa shape index (κ1) is 10.2. The summed E-state index contributed by atoms with van der Waals surface area (Å²) in [4.78, 5) is 11.9. The fourth-order valence-corrected chi connectivity index (χ4v) is 2.69. The smallest absolute Gasteiger partial charge is 0.136 e. The highest BCUT2D eigenvalue weighted by molar-refractivity contribution is 5.81. The summed E-state index contributed by atoms with van der Waals surface area (Å²) in [6, 6.07) is 0. The van der Waals surface area contributed by atoms with E-state index in [1.165, 1.54) is 25.7 Å². The first-order chi connectivity index (χ1) is 6.86. The van der Waals surface area contributed by atoms with E-state index >= 15 is 0 Å². The fraction of sp³-hybridized carbons (Fsp3) is 0.917. The predicted octanol–water partition coefficient (Wildman–Crippen LogP) is 2.56. The van der Waals surface area contributed by atoms with E-state index in [-0.39, 0.29) is 0 Å². The maximum Gasteiger partial charge on any atom is 0.136 e. The molecule has 0 spiro atoms. The Morgan fingerprint density at radius 2 is 1.71 bits per heavy atom. The molecule has 1 saturated carbocycles. The number of ketones is 1. The van der Waals surface area contributed by atoms with E-state index in [9.17, 15) is 4.79 Å². The highest BCUT2D eigenvalue weighted by Crippen LogP contribution is 2.30. The van der Waals surface area contributed by atoms with Gasteiger partial charge < -0.3 is 4.74 Å². The molecule has 0 aromatic heterocycles. The van der Waals surface area contributed by atoms with Crippen molar-refractivity contribution in [3.8, 4) is 0 Å². The second-order valence-corrected chi connectivity index (χ2v) is 4.71. The zero-order chi connectivity index (χ0) is 9.80. The van der Waals surface area contributed by atoms with Crippen LogP contribution < -0.4 is 0 Å². The van der Waals surface area contributed by atoms with E-state index in [1.807, 2.05) is 0 Å². The van der Waals surface area contributed by atoms with Crippen molar-refractivity contribution in [3.63, 3.8) is 0 Å². The minimum atomic E-state index is 0.323. The lowest BCUT2D eigenvalue weighted by atomic mass is 9.89. The SMILES string of the molecule is O=C(CC1CCCC1)C1CCOCC1. The third-order valence-corrected chi connectivity index (χ3v) is 3.64. The molecule has 80 valence electrons. The van der Waals surface area contributed by atoms with Gasteiger partial charge in [0.05, 0.1) is 0 Å². The van der Waals surface area contributed by atoms with Gasteiger partial charge in [-0.1, -0.05) is 25.7 Å². The molecule has 0 radical (unpaired) electrons. The third kappa shape index (κ3) is 2.57. The van der Waals surface area contributed by atoms with Gasteiger partial charge in [-0.05, 0) is 18.8 Å². The molecular formula is C12H20O2. The van der Waals surface area contributed by atoms with E-state index < -0.39 is 0 Å². The largest absolute Gasteiger partial charge is 0.381 e. The van der Waals surface area contributed by atoms with Crippen LogP contribution in [0.25, 0.3) is 0 Å². The average Bonchev–Trinajstić information content (AvgIpc) is 2.72. The van der Waals surface area contributed by atoms with E-state index in [0.717, 1.165) is 32.5 Å². The first-order valence-electron chi connectivity index (χ1n) is 5.96. The standard InChI is InChI=1S/C12H20O2/c13-12(9-10-3-1-2-4-10)11-5-7-14-8-6-11/h10-11H,1-9H2. The maximum absolute atomic E-state index is 11.9. The van der Waals surface area contributed by atoms with Crippen molar-refractivity contribution in [1.82, 2.24) is 0 Å². The van der Waals surface area contributed by atoms with Crippen LogP contribution >= 0.6 is 0 Å². The van der Waals surface area contributed by atoms with Crippen LogP contribution in [0.5, 0.6) is 0 Å². The van der Waals surface area contributed by atoms with Gasteiger partial charge in [-0.15, -0.1) is 0 Å². The van der Waals surface area contributed by atoms with Gasteiger partial charge in [0.25, 0.3) is 0 Å². The van der Waals surface area contributed by atoms with E-state index in [2.05, 4.69) is 0 Å². The molecular weight excluding hydrogens is 176 g/mol. The molecule has 0 atom stereocenters. The van der Waals surface area contributed by atoms with Gasteiger partial charge >= 0.3 is 0 Å². The molecule has 2 fully saturated rings. The number of hydrogen-bond acceptors (Lipinski definition) is 2. The van der Waals surface area contributed by atoms with Gasteiger partial charge in [0.1, 0.15) is 5.78 Å². The lowest BCUT2D eigenvalue weighted by molar-refractivity contribution is -0.126. The Hall–Kier alpha value is -0.370. The van der Waals surface area contributed by atoms with Gasteiger partial charge in [0, 0.05) is 25.6 Å². The molecule has 2 rings (SSSR count). The summed E-state index contributed by atoms with van der Waals surface area (Å²) < 4.78 is 5.27. The summed E-state index contributed by atoms with van der Waals surface area (Å²) in [6.07, 6.45) is 8.03. The van der Waals surface area contributed by atoms with Gasteiger partial charge in [0.15, 0.2) is 0 Å². The number of hydrogen-bond donors (Lipinski definition) is 0. The van der Waals surface area contributed by atoms with E-state index in [1.54, 1.807) is 0 Å². The molecule has 1 aliphatic heterocycles. The second kappa shape index (κ2) is 4.92. The minimum Gasteiger partial charge on any atom is -0.381 e. The molecule has 0 bridgehead atoms. The quantitative estimate of drug-likeness (QED) is 0.693. The minimum absolute atomic E-state index is 0.323. The van der Waals surface area contributed by atoms with Crippen molar-refractivity contribution in [2.75, 3.05) is 13.2 Å². The molecule has 2 heteroatoms. The number of rotatable bonds is 3. The topological polar surface area (TPSA) is 26.3 Å². The van der Waals surface area contributed by atoms with Crippen molar-refractivity contribution < 1.29 is 9.53 Å². The summed E-state index contributed by atoms with van der Waals surface area (Å²) in [5, 5.41) is 0. The fourth-order valence-electron chi connectivity index (χ4n) is 2.69. The van der Waals surface area contributed by atoms with Crippen molar-refractivity contribution in [3.05, 3.63) is 0 Å². The molecule has 0 N–H and O–H groups in total. The molecule has 0 amide bonds. The van der Waals surface area contributed by atoms with E-state index in [4.69, 9.17) is 4.74 Å². The van der Waals surface area contributed by atoms with Crippen LogP contribution in [0.2, 0.25) is 0 Å². The van der Waals surface area contributed by atoms with Crippen LogP contribution in [-0.2, 0) is 9.53 Å². The molecule has 0 aromatic carbocycles.